The average Bonchev–Trinajstić information content (AvgIpc) is 2.93. The van der Waals surface area contributed by atoms with Gasteiger partial charge in [0.1, 0.15) is 5.76 Å². The molecule has 3 heteroatoms. The van der Waals surface area contributed by atoms with Crippen LogP contribution in [0, 0.1) is 0 Å². The molecule has 1 unspecified atom stereocenters. The van der Waals surface area contributed by atoms with Gasteiger partial charge < -0.3 is 9.32 Å². The van der Waals surface area contributed by atoms with Crippen LogP contribution in [0.4, 0.5) is 0 Å². The summed E-state index contributed by atoms with van der Waals surface area (Å²) < 4.78 is 5.49. The summed E-state index contributed by atoms with van der Waals surface area (Å²) in [7, 11) is 0. The largest absolute Gasteiger partial charge is 0.448 e. The van der Waals surface area contributed by atoms with Crippen LogP contribution in [0.5, 0.6) is 0 Å². The highest BCUT2D eigenvalue weighted by molar-refractivity contribution is 5.02. The summed E-state index contributed by atoms with van der Waals surface area (Å²) in [4.78, 5) is 6.74. The summed E-state index contributed by atoms with van der Waals surface area (Å²) in [5, 5.41) is 0. The maximum Gasteiger partial charge on any atom is 0.180 e. The van der Waals surface area contributed by atoms with Gasteiger partial charge >= 0.3 is 0 Å². The Morgan fingerprint density at radius 3 is 2.67 bits per heavy atom. The molecule has 1 aliphatic rings. The molecule has 0 amide bonds. The van der Waals surface area contributed by atoms with E-state index in [2.05, 4.69) is 23.7 Å². The molecule has 102 valence electrons. The minimum absolute atomic E-state index is 0.586. The van der Waals surface area contributed by atoms with Crippen molar-refractivity contribution in [3.63, 3.8) is 0 Å². The van der Waals surface area contributed by atoms with Crippen molar-refractivity contribution in [3.05, 3.63) is 18.4 Å². The predicted molar refractivity (Wildman–Crippen MR) is 73.7 cm³/mol. The molecular weight excluding hydrogens is 224 g/mol. The molecule has 1 aliphatic carbocycles. The molecule has 1 fully saturated rings. The van der Waals surface area contributed by atoms with Crippen LogP contribution in [0.3, 0.4) is 0 Å². The predicted octanol–water partition coefficient (Wildman–Crippen LogP) is 3.82. The lowest BCUT2D eigenvalue weighted by Gasteiger charge is -2.36. The van der Waals surface area contributed by atoms with Crippen LogP contribution in [0.25, 0.3) is 0 Å². The first kappa shape index (κ1) is 13.6. The molecule has 0 N–H and O–H groups in total. The standard InChI is InChI=1S/C15H26N2O/c1-3-8-17(9-4-2)14-7-5-6-13(10-14)15-11-16-12-18-15/h11-14H,3-10H2,1-2H3/t13?,14-/m1/s1. The fourth-order valence-corrected chi connectivity index (χ4v) is 3.23. The zero-order valence-electron chi connectivity index (χ0n) is 11.8. The molecule has 0 radical (unpaired) electrons. The van der Waals surface area contributed by atoms with E-state index in [9.17, 15) is 0 Å². The van der Waals surface area contributed by atoms with Gasteiger partial charge in [0, 0.05) is 12.0 Å². The maximum absolute atomic E-state index is 5.49. The number of hydrogen-bond donors (Lipinski definition) is 0. The number of hydrogen-bond acceptors (Lipinski definition) is 3. The second-order valence-corrected chi connectivity index (χ2v) is 5.46. The van der Waals surface area contributed by atoms with Crippen molar-refractivity contribution in [2.24, 2.45) is 0 Å². The first-order chi connectivity index (χ1) is 8.85. The van der Waals surface area contributed by atoms with Crippen molar-refractivity contribution in [2.75, 3.05) is 13.1 Å². The maximum atomic E-state index is 5.49. The lowest BCUT2D eigenvalue weighted by atomic mass is 9.83. The monoisotopic (exact) mass is 250 g/mol. The van der Waals surface area contributed by atoms with E-state index in [1.807, 2.05) is 6.20 Å². The van der Waals surface area contributed by atoms with Crippen LogP contribution in [0.1, 0.15) is 64.1 Å². The Labute approximate surface area is 111 Å². The Balaban J connectivity index is 1.96. The van der Waals surface area contributed by atoms with E-state index in [1.165, 1.54) is 51.6 Å². The van der Waals surface area contributed by atoms with E-state index in [0.717, 1.165) is 11.8 Å². The van der Waals surface area contributed by atoms with E-state index in [0.29, 0.717) is 5.92 Å². The highest BCUT2D eigenvalue weighted by Gasteiger charge is 2.28. The van der Waals surface area contributed by atoms with E-state index < -0.39 is 0 Å². The van der Waals surface area contributed by atoms with Gasteiger partial charge in [0.15, 0.2) is 6.39 Å². The topological polar surface area (TPSA) is 29.3 Å². The lowest BCUT2D eigenvalue weighted by Crippen LogP contribution is -2.39. The van der Waals surface area contributed by atoms with Crippen molar-refractivity contribution in [3.8, 4) is 0 Å². The van der Waals surface area contributed by atoms with Gasteiger partial charge in [-0.15, -0.1) is 0 Å². The van der Waals surface area contributed by atoms with E-state index in [-0.39, 0.29) is 0 Å². The first-order valence-corrected chi connectivity index (χ1v) is 7.47. The van der Waals surface area contributed by atoms with Gasteiger partial charge in [-0.25, -0.2) is 4.98 Å². The van der Waals surface area contributed by atoms with Gasteiger partial charge in [-0.05, 0) is 45.2 Å². The highest BCUT2D eigenvalue weighted by Crippen LogP contribution is 2.34. The number of aromatic nitrogens is 1. The van der Waals surface area contributed by atoms with Crippen LogP contribution in [-0.4, -0.2) is 29.0 Å². The summed E-state index contributed by atoms with van der Waals surface area (Å²) >= 11 is 0. The van der Waals surface area contributed by atoms with Crippen molar-refractivity contribution >= 4 is 0 Å². The number of oxazole rings is 1. The molecule has 18 heavy (non-hydrogen) atoms. The molecule has 0 spiro atoms. The van der Waals surface area contributed by atoms with Crippen molar-refractivity contribution in [1.82, 2.24) is 9.88 Å². The third-order valence-electron chi connectivity index (χ3n) is 4.04. The Bertz CT molecular complexity index is 317. The minimum atomic E-state index is 0.586. The zero-order chi connectivity index (χ0) is 12.8. The van der Waals surface area contributed by atoms with Gasteiger partial charge in [-0.3, -0.25) is 0 Å². The molecule has 1 aromatic heterocycles. The fraction of sp³-hybridized carbons (Fsp3) is 0.800. The zero-order valence-corrected chi connectivity index (χ0v) is 11.8. The van der Waals surface area contributed by atoms with Crippen LogP contribution >= 0.6 is 0 Å². The third-order valence-corrected chi connectivity index (χ3v) is 4.04. The van der Waals surface area contributed by atoms with Crippen LogP contribution < -0.4 is 0 Å². The Kier molecular flexibility index (Phi) is 5.24. The summed E-state index contributed by atoms with van der Waals surface area (Å²) in [6, 6.07) is 0.744. The first-order valence-electron chi connectivity index (χ1n) is 7.47. The molecule has 0 aromatic carbocycles. The summed E-state index contributed by atoms with van der Waals surface area (Å²) in [5.41, 5.74) is 0. The summed E-state index contributed by atoms with van der Waals surface area (Å²) in [5.74, 6) is 1.68. The van der Waals surface area contributed by atoms with Crippen molar-refractivity contribution < 1.29 is 4.42 Å². The quantitative estimate of drug-likeness (QED) is 0.768. The average molecular weight is 250 g/mol. The Hall–Kier alpha value is -0.830. The molecule has 1 aromatic rings. The Morgan fingerprint density at radius 1 is 1.28 bits per heavy atom. The summed E-state index contributed by atoms with van der Waals surface area (Å²) in [6.45, 7) is 7.03. The summed E-state index contributed by atoms with van der Waals surface area (Å²) in [6.07, 6.45) is 11.1. The van der Waals surface area contributed by atoms with Gasteiger partial charge in [-0.1, -0.05) is 20.3 Å². The van der Waals surface area contributed by atoms with Gasteiger partial charge in [0.2, 0.25) is 0 Å². The smallest absolute Gasteiger partial charge is 0.180 e. The number of rotatable bonds is 6. The van der Waals surface area contributed by atoms with E-state index in [4.69, 9.17) is 4.42 Å². The van der Waals surface area contributed by atoms with Crippen LogP contribution in [0.15, 0.2) is 17.0 Å². The van der Waals surface area contributed by atoms with Gasteiger partial charge in [-0.2, -0.15) is 0 Å². The fourth-order valence-electron chi connectivity index (χ4n) is 3.23. The van der Waals surface area contributed by atoms with Crippen molar-refractivity contribution in [2.45, 2.75) is 64.3 Å². The molecule has 2 rings (SSSR count). The highest BCUT2D eigenvalue weighted by atomic mass is 16.3. The third kappa shape index (κ3) is 3.35. The SMILES string of the molecule is CCCN(CCC)[C@@H]1CCCC(c2cnco2)C1. The van der Waals surface area contributed by atoms with Crippen molar-refractivity contribution in [1.29, 1.82) is 0 Å². The van der Waals surface area contributed by atoms with Crippen LogP contribution in [-0.2, 0) is 0 Å². The molecule has 1 saturated carbocycles. The van der Waals surface area contributed by atoms with E-state index >= 15 is 0 Å². The molecular formula is C15H26N2O. The molecule has 0 bridgehead atoms. The normalized spacial score (nSPS) is 24.6. The van der Waals surface area contributed by atoms with Gasteiger partial charge in [0.05, 0.1) is 6.20 Å². The molecule has 1 heterocycles. The second-order valence-electron chi connectivity index (χ2n) is 5.46. The van der Waals surface area contributed by atoms with Gasteiger partial charge in [0.25, 0.3) is 0 Å². The molecule has 2 atom stereocenters. The van der Waals surface area contributed by atoms with E-state index in [1.54, 1.807) is 6.39 Å². The second kappa shape index (κ2) is 6.93. The van der Waals surface area contributed by atoms with Crippen LogP contribution in [0.2, 0.25) is 0 Å². The molecule has 3 nitrogen and oxygen atoms in total. The number of nitrogens with zero attached hydrogens (tertiary/aromatic N) is 2. The minimum Gasteiger partial charge on any atom is -0.448 e. The lowest BCUT2D eigenvalue weighted by molar-refractivity contribution is 0.142. The Morgan fingerprint density at radius 2 is 2.06 bits per heavy atom. The molecule has 0 saturated heterocycles. The molecule has 0 aliphatic heterocycles.